The van der Waals surface area contributed by atoms with Crippen molar-refractivity contribution < 1.29 is 13.6 Å². The fourth-order valence-electron chi connectivity index (χ4n) is 3.82. The molecule has 2 aromatic heterocycles. The summed E-state index contributed by atoms with van der Waals surface area (Å²) in [5, 5.41) is 9.54. The Labute approximate surface area is 191 Å². The van der Waals surface area contributed by atoms with Gasteiger partial charge in [0.05, 0.1) is 24.6 Å². The van der Waals surface area contributed by atoms with E-state index in [4.69, 9.17) is 4.42 Å². The number of nitrogens with zero attached hydrogens (tertiary/aromatic N) is 5. The van der Waals surface area contributed by atoms with Crippen molar-refractivity contribution in [1.29, 1.82) is 0 Å². The molecule has 0 N–H and O–H groups in total. The Morgan fingerprint density at radius 3 is 2.62 bits per heavy atom. The lowest BCUT2D eigenvalue weighted by molar-refractivity contribution is -0.128. The number of aromatic nitrogens is 3. The molecule has 1 unspecified atom stereocenters. The molecule has 4 rings (SSSR count). The van der Waals surface area contributed by atoms with Gasteiger partial charge in [0, 0.05) is 20.1 Å². The first kappa shape index (κ1) is 22.4. The number of amides is 1. The predicted molar refractivity (Wildman–Crippen MR) is 122 cm³/mol. The molecule has 1 aliphatic heterocycles. The fraction of sp³-hybridized carbons (Fsp3) is 0.435. The number of benzene rings is 1. The fourth-order valence-corrected chi connectivity index (χ4v) is 4.68. The molecular formula is C23H28FN5O2S. The molecule has 0 aliphatic carbocycles. The summed E-state index contributed by atoms with van der Waals surface area (Å²) in [7, 11) is 1.77. The smallest absolute Gasteiger partial charge is 0.233 e. The maximum Gasteiger partial charge on any atom is 0.233 e. The number of carbonyl (C=O) groups is 1. The van der Waals surface area contributed by atoms with Crippen LogP contribution in [0.25, 0.3) is 0 Å². The van der Waals surface area contributed by atoms with E-state index in [9.17, 15) is 9.18 Å². The first-order chi connectivity index (χ1) is 15.5. The molecule has 1 atom stereocenters. The normalized spacial score (nSPS) is 15.0. The van der Waals surface area contributed by atoms with E-state index >= 15 is 0 Å². The molecule has 170 valence electrons. The van der Waals surface area contributed by atoms with E-state index in [1.165, 1.54) is 30.3 Å². The Balaban J connectivity index is 1.46. The summed E-state index contributed by atoms with van der Waals surface area (Å²) in [6.45, 7) is 4.36. The highest BCUT2D eigenvalue weighted by Gasteiger charge is 2.23. The Bertz CT molecular complexity index is 1020. The number of rotatable bonds is 8. The number of halogens is 1. The van der Waals surface area contributed by atoms with Crippen LogP contribution in [0.4, 0.5) is 10.3 Å². The van der Waals surface area contributed by atoms with Crippen molar-refractivity contribution in [3.05, 3.63) is 59.8 Å². The molecular weight excluding hydrogens is 429 g/mol. The molecule has 1 aromatic carbocycles. The molecule has 32 heavy (non-hydrogen) atoms. The van der Waals surface area contributed by atoms with Crippen LogP contribution in [-0.4, -0.2) is 51.5 Å². The van der Waals surface area contributed by atoms with E-state index < -0.39 is 0 Å². The third-order valence-electron chi connectivity index (χ3n) is 5.88. The zero-order chi connectivity index (χ0) is 22.5. The van der Waals surface area contributed by atoms with Gasteiger partial charge in [-0.05, 0) is 56.0 Å². The highest BCUT2D eigenvalue weighted by molar-refractivity contribution is 7.99. The van der Waals surface area contributed by atoms with Gasteiger partial charge in [-0.15, -0.1) is 10.2 Å². The summed E-state index contributed by atoms with van der Waals surface area (Å²) >= 11 is 1.38. The molecule has 7 nitrogen and oxygen atoms in total. The Morgan fingerprint density at radius 1 is 1.19 bits per heavy atom. The minimum atomic E-state index is -0.286. The lowest BCUT2D eigenvalue weighted by Gasteiger charge is -2.27. The molecule has 3 heterocycles. The number of anilines is 1. The third-order valence-corrected chi connectivity index (χ3v) is 6.83. The summed E-state index contributed by atoms with van der Waals surface area (Å²) in [5.41, 5.74) is 0.889. The molecule has 0 radical (unpaired) electrons. The first-order valence-electron chi connectivity index (χ1n) is 10.9. The van der Waals surface area contributed by atoms with E-state index in [-0.39, 0.29) is 23.5 Å². The standard InChI is InChI=1S/C23H28FN5O2S/c1-17(18-8-10-19(24)11-9-18)27(2)21(30)16-32-23-26-25-22(28-12-4-3-5-13-28)29(23)15-20-7-6-14-31-20/h6-11,14,17H,3-5,12-13,15-16H2,1-2H3. The summed E-state index contributed by atoms with van der Waals surface area (Å²) in [5.74, 6) is 1.56. The Morgan fingerprint density at radius 2 is 1.94 bits per heavy atom. The van der Waals surface area contributed by atoms with Crippen molar-refractivity contribution in [3.8, 4) is 0 Å². The Hall–Kier alpha value is -2.81. The summed E-state index contributed by atoms with van der Waals surface area (Å²) < 4.78 is 20.8. The van der Waals surface area contributed by atoms with Gasteiger partial charge in [-0.1, -0.05) is 23.9 Å². The first-order valence-corrected chi connectivity index (χ1v) is 11.9. The average Bonchev–Trinajstić information content (AvgIpc) is 3.48. The van der Waals surface area contributed by atoms with E-state index in [2.05, 4.69) is 15.1 Å². The highest BCUT2D eigenvalue weighted by Crippen LogP contribution is 2.27. The predicted octanol–water partition coefficient (Wildman–Crippen LogP) is 4.36. The van der Waals surface area contributed by atoms with E-state index in [1.54, 1.807) is 30.3 Å². The second kappa shape index (κ2) is 10.2. The minimum absolute atomic E-state index is 0.0288. The van der Waals surface area contributed by atoms with Crippen molar-refractivity contribution in [3.63, 3.8) is 0 Å². The molecule has 9 heteroatoms. The lowest BCUT2D eigenvalue weighted by Crippen LogP contribution is -2.32. The maximum atomic E-state index is 13.2. The van der Waals surface area contributed by atoms with Gasteiger partial charge in [-0.3, -0.25) is 9.36 Å². The van der Waals surface area contributed by atoms with Crippen molar-refractivity contribution in [1.82, 2.24) is 19.7 Å². The van der Waals surface area contributed by atoms with Gasteiger partial charge in [0.25, 0.3) is 0 Å². The SMILES string of the molecule is CC(c1ccc(F)cc1)N(C)C(=O)CSc1nnc(N2CCCCC2)n1Cc1ccco1. The van der Waals surface area contributed by atoms with Gasteiger partial charge >= 0.3 is 0 Å². The lowest BCUT2D eigenvalue weighted by atomic mass is 10.1. The van der Waals surface area contributed by atoms with Crippen LogP contribution in [0, 0.1) is 5.82 Å². The highest BCUT2D eigenvalue weighted by atomic mass is 32.2. The van der Waals surface area contributed by atoms with Crippen molar-refractivity contribution in [2.45, 2.75) is 43.9 Å². The van der Waals surface area contributed by atoms with Gasteiger partial charge in [0.15, 0.2) is 5.16 Å². The van der Waals surface area contributed by atoms with Gasteiger partial charge in [-0.2, -0.15) is 0 Å². The van der Waals surface area contributed by atoms with Gasteiger partial charge in [0.2, 0.25) is 11.9 Å². The monoisotopic (exact) mass is 457 g/mol. The van der Waals surface area contributed by atoms with Crippen LogP contribution in [-0.2, 0) is 11.3 Å². The van der Waals surface area contributed by atoms with Gasteiger partial charge in [0.1, 0.15) is 11.6 Å². The Kier molecular flexibility index (Phi) is 7.14. The molecule has 3 aromatic rings. The summed E-state index contributed by atoms with van der Waals surface area (Å²) in [6.07, 6.45) is 5.17. The molecule has 0 bridgehead atoms. The second-order valence-electron chi connectivity index (χ2n) is 8.02. The third kappa shape index (κ3) is 5.15. The maximum absolute atomic E-state index is 13.2. The number of carbonyl (C=O) groups excluding carboxylic acids is 1. The molecule has 1 fully saturated rings. The van der Waals surface area contributed by atoms with Crippen LogP contribution in [0.15, 0.2) is 52.2 Å². The number of thioether (sulfide) groups is 1. The van der Waals surface area contributed by atoms with Crippen LogP contribution in [0.2, 0.25) is 0 Å². The number of piperidine rings is 1. The van der Waals surface area contributed by atoms with Crippen LogP contribution in [0.3, 0.4) is 0 Å². The summed E-state index contributed by atoms with van der Waals surface area (Å²) in [6, 6.07) is 9.88. The topological polar surface area (TPSA) is 67.4 Å². The number of furan rings is 1. The average molecular weight is 458 g/mol. The van der Waals surface area contributed by atoms with Crippen LogP contribution in [0.1, 0.15) is 43.6 Å². The molecule has 0 saturated carbocycles. The molecule has 1 aliphatic rings. The minimum Gasteiger partial charge on any atom is -0.467 e. The largest absolute Gasteiger partial charge is 0.467 e. The number of hydrogen-bond donors (Lipinski definition) is 0. The zero-order valence-corrected chi connectivity index (χ0v) is 19.2. The quantitative estimate of drug-likeness (QED) is 0.468. The van der Waals surface area contributed by atoms with Crippen molar-refractivity contribution >= 4 is 23.6 Å². The van der Waals surface area contributed by atoms with E-state index in [1.807, 2.05) is 23.6 Å². The zero-order valence-electron chi connectivity index (χ0n) is 18.4. The van der Waals surface area contributed by atoms with Gasteiger partial charge in [-0.25, -0.2) is 4.39 Å². The molecule has 1 amide bonds. The van der Waals surface area contributed by atoms with E-state index in [0.29, 0.717) is 11.7 Å². The van der Waals surface area contributed by atoms with Crippen LogP contribution in [0.5, 0.6) is 0 Å². The second-order valence-corrected chi connectivity index (χ2v) is 8.96. The van der Waals surface area contributed by atoms with Crippen LogP contribution >= 0.6 is 11.8 Å². The molecule has 0 spiro atoms. The van der Waals surface area contributed by atoms with Crippen molar-refractivity contribution in [2.24, 2.45) is 0 Å². The van der Waals surface area contributed by atoms with Gasteiger partial charge < -0.3 is 14.2 Å². The van der Waals surface area contributed by atoms with Crippen LogP contribution < -0.4 is 4.90 Å². The van der Waals surface area contributed by atoms with E-state index in [0.717, 1.165) is 43.2 Å². The molecule has 1 saturated heterocycles. The van der Waals surface area contributed by atoms with Crippen molar-refractivity contribution in [2.75, 3.05) is 30.8 Å². The number of hydrogen-bond acceptors (Lipinski definition) is 6. The summed E-state index contributed by atoms with van der Waals surface area (Å²) in [4.78, 5) is 16.8.